The summed E-state index contributed by atoms with van der Waals surface area (Å²) in [4.78, 5) is 28.4. The van der Waals surface area contributed by atoms with Crippen molar-refractivity contribution in [2.24, 2.45) is 5.92 Å². The van der Waals surface area contributed by atoms with Crippen molar-refractivity contribution >= 4 is 11.8 Å². The summed E-state index contributed by atoms with van der Waals surface area (Å²) in [6.45, 7) is 4.73. The van der Waals surface area contributed by atoms with Gasteiger partial charge in [0.25, 0.3) is 0 Å². The summed E-state index contributed by atoms with van der Waals surface area (Å²) in [6.07, 6.45) is 9.87. The summed E-state index contributed by atoms with van der Waals surface area (Å²) in [6, 6.07) is 0.770. The predicted octanol–water partition coefficient (Wildman–Crippen LogP) is 1.77. The molecule has 0 aromatic carbocycles. The molecule has 2 heterocycles. The zero-order valence-electron chi connectivity index (χ0n) is 14.4. The number of rotatable bonds is 3. The van der Waals surface area contributed by atoms with E-state index >= 15 is 0 Å². The van der Waals surface area contributed by atoms with E-state index in [0.29, 0.717) is 19.1 Å². The Labute approximate surface area is 139 Å². The average Bonchev–Trinajstić information content (AvgIpc) is 2.55. The van der Waals surface area contributed by atoms with Crippen LogP contribution in [0.1, 0.15) is 58.3 Å². The van der Waals surface area contributed by atoms with Crippen LogP contribution in [0.25, 0.3) is 0 Å². The van der Waals surface area contributed by atoms with Gasteiger partial charge in [0.1, 0.15) is 0 Å². The molecule has 3 aliphatic rings. The highest BCUT2D eigenvalue weighted by atomic mass is 16.2. The predicted molar refractivity (Wildman–Crippen MR) is 90.0 cm³/mol. The summed E-state index contributed by atoms with van der Waals surface area (Å²) in [7, 11) is 0. The van der Waals surface area contributed by atoms with Gasteiger partial charge >= 0.3 is 0 Å². The van der Waals surface area contributed by atoms with Crippen LogP contribution in [0.15, 0.2) is 0 Å². The Morgan fingerprint density at radius 1 is 1.00 bits per heavy atom. The molecule has 0 aromatic rings. The molecule has 0 unspecified atom stereocenters. The smallest absolute Gasteiger partial charge is 0.236 e. The van der Waals surface area contributed by atoms with Gasteiger partial charge in [-0.25, -0.2) is 0 Å². The lowest BCUT2D eigenvalue weighted by molar-refractivity contribution is -0.136. The van der Waals surface area contributed by atoms with Crippen molar-refractivity contribution < 1.29 is 9.59 Å². The lowest BCUT2D eigenvalue weighted by Crippen LogP contribution is -2.54. The zero-order valence-corrected chi connectivity index (χ0v) is 14.4. The van der Waals surface area contributed by atoms with Crippen molar-refractivity contribution in [3.8, 4) is 0 Å². The molecule has 5 nitrogen and oxygen atoms in total. The van der Waals surface area contributed by atoms with E-state index in [2.05, 4.69) is 10.2 Å². The fourth-order valence-corrected chi connectivity index (χ4v) is 4.81. The van der Waals surface area contributed by atoms with Crippen LogP contribution in [0.2, 0.25) is 0 Å². The minimum atomic E-state index is 0.00498. The van der Waals surface area contributed by atoms with Gasteiger partial charge < -0.3 is 10.2 Å². The molecule has 1 aliphatic carbocycles. The summed E-state index contributed by atoms with van der Waals surface area (Å²) < 4.78 is 0. The lowest BCUT2D eigenvalue weighted by Gasteiger charge is -2.44. The molecule has 3 rings (SSSR count). The van der Waals surface area contributed by atoms with Crippen molar-refractivity contribution in [3.05, 3.63) is 0 Å². The van der Waals surface area contributed by atoms with E-state index < -0.39 is 0 Å². The molecule has 2 saturated heterocycles. The first-order valence-electron chi connectivity index (χ1n) is 9.42. The molecule has 2 amide bonds. The van der Waals surface area contributed by atoms with E-state index in [4.69, 9.17) is 0 Å². The number of carbonyl (C=O) groups is 2. The number of nitrogens with one attached hydrogen (secondary N) is 1. The van der Waals surface area contributed by atoms with E-state index in [1.165, 1.54) is 38.5 Å². The van der Waals surface area contributed by atoms with Gasteiger partial charge in [0, 0.05) is 32.1 Å². The Kier molecular flexibility index (Phi) is 5.57. The van der Waals surface area contributed by atoms with Gasteiger partial charge in [0.2, 0.25) is 11.8 Å². The van der Waals surface area contributed by atoms with Crippen LogP contribution in [-0.2, 0) is 9.59 Å². The summed E-state index contributed by atoms with van der Waals surface area (Å²) in [5, 5.41) is 2.97. The third-order valence-corrected chi connectivity index (χ3v) is 5.88. The minimum absolute atomic E-state index is 0.00498. The van der Waals surface area contributed by atoms with E-state index in [1.54, 1.807) is 6.92 Å². The van der Waals surface area contributed by atoms with E-state index in [1.807, 2.05) is 4.90 Å². The van der Waals surface area contributed by atoms with Crippen LogP contribution < -0.4 is 5.32 Å². The standard InChI is InChI=1S/C18H31N3O2/c1-14(22)19-16-8-5-11-21(12-16)18(23)13-20-10-4-7-15-6-2-3-9-17(15)20/h15-17H,2-13H2,1H3,(H,19,22)/t15-,16-,17-/m1/s1. The summed E-state index contributed by atoms with van der Waals surface area (Å²) in [5.74, 6) is 1.08. The number of amides is 2. The molecule has 3 atom stereocenters. The average molecular weight is 321 g/mol. The Morgan fingerprint density at radius 2 is 1.74 bits per heavy atom. The molecule has 1 saturated carbocycles. The first-order chi connectivity index (χ1) is 11.1. The van der Waals surface area contributed by atoms with Gasteiger partial charge in [-0.3, -0.25) is 14.5 Å². The molecule has 130 valence electrons. The molecule has 3 fully saturated rings. The molecule has 0 spiro atoms. The highest BCUT2D eigenvalue weighted by Gasteiger charge is 2.35. The van der Waals surface area contributed by atoms with Crippen LogP contribution in [0.3, 0.4) is 0 Å². The Morgan fingerprint density at radius 3 is 2.57 bits per heavy atom. The van der Waals surface area contributed by atoms with Crippen molar-refractivity contribution in [3.63, 3.8) is 0 Å². The summed E-state index contributed by atoms with van der Waals surface area (Å²) in [5.41, 5.74) is 0. The quantitative estimate of drug-likeness (QED) is 0.862. The zero-order chi connectivity index (χ0) is 16.2. The topological polar surface area (TPSA) is 52.7 Å². The number of nitrogens with zero attached hydrogens (tertiary/aromatic N) is 2. The van der Waals surface area contributed by atoms with Gasteiger partial charge in [-0.15, -0.1) is 0 Å². The molecule has 0 bridgehead atoms. The fraction of sp³-hybridized carbons (Fsp3) is 0.889. The van der Waals surface area contributed by atoms with Crippen LogP contribution in [0.4, 0.5) is 0 Å². The number of hydrogen-bond acceptors (Lipinski definition) is 3. The molecule has 1 N–H and O–H groups in total. The normalized spacial score (nSPS) is 32.2. The third-order valence-electron chi connectivity index (χ3n) is 5.88. The third kappa shape index (κ3) is 4.25. The number of likely N-dealkylation sites (tertiary alicyclic amines) is 2. The van der Waals surface area contributed by atoms with Crippen LogP contribution in [0, 0.1) is 5.92 Å². The first-order valence-corrected chi connectivity index (χ1v) is 9.42. The van der Waals surface area contributed by atoms with Gasteiger partial charge in [0.05, 0.1) is 6.54 Å². The SMILES string of the molecule is CC(=O)N[C@@H]1CCCN(C(=O)CN2CCC[C@H]3CCCC[C@H]32)C1. The van der Waals surface area contributed by atoms with Gasteiger partial charge in [-0.05, 0) is 51.0 Å². The fourth-order valence-electron chi connectivity index (χ4n) is 4.81. The van der Waals surface area contributed by atoms with Crippen LogP contribution in [-0.4, -0.2) is 59.9 Å². The first kappa shape index (κ1) is 16.7. The minimum Gasteiger partial charge on any atom is -0.352 e. The van der Waals surface area contributed by atoms with Crippen molar-refractivity contribution in [2.75, 3.05) is 26.2 Å². The van der Waals surface area contributed by atoms with Crippen molar-refractivity contribution in [1.29, 1.82) is 0 Å². The Bertz CT molecular complexity index is 438. The largest absolute Gasteiger partial charge is 0.352 e. The van der Waals surface area contributed by atoms with Gasteiger partial charge in [-0.2, -0.15) is 0 Å². The number of hydrogen-bond donors (Lipinski definition) is 1. The van der Waals surface area contributed by atoms with E-state index in [9.17, 15) is 9.59 Å². The molecule has 0 radical (unpaired) electrons. The maximum Gasteiger partial charge on any atom is 0.236 e. The van der Waals surface area contributed by atoms with Gasteiger partial charge in [0.15, 0.2) is 0 Å². The van der Waals surface area contributed by atoms with Gasteiger partial charge in [-0.1, -0.05) is 12.8 Å². The second-order valence-electron chi connectivity index (χ2n) is 7.60. The molecule has 0 aromatic heterocycles. The highest BCUT2D eigenvalue weighted by Crippen LogP contribution is 2.35. The molecule has 23 heavy (non-hydrogen) atoms. The maximum atomic E-state index is 12.7. The number of carbonyl (C=O) groups excluding carboxylic acids is 2. The van der Waals surface area contributed by atoms with Crippen LogP contribution in [0.5, 0.6) is 0 Å². The maximum absolute atomic E-state index is 12.7. The van der Waals surface area contributed by atoms with Crippen LogP contribution >= 0.6 is 0 Å². The van der Waals surface area contributed by atoms with Crippen molar-refractivity contribution in [1.82, 2.24) is 15.1 Å². The molecule has 2 aliphatic heterocycles. The van der Waals surface area contributed by atoms with E-state index in [0.717, 1.165) is 31.8 Å². The summed E-state index contributed by atoms with van der Waals surface area (Å²) >= 11 is 0. The van der Waals surface area contributed by atoms with E-state index in [-0.39, 0.29) is 17.9 Å². The van der Waals surface area contributed by atoms with Crippen molar-refractivity contribution in [2.45, 2.75) is 70.4 Å². The Hall–Kier alpha value is -1.10. The molecule has 5 heteroatoms. The number of piperidine rings is 2. The molecular weight excluding hydrogens is 290 g/mol. The monoisotopic (exact) mass is 321 g/mol. The highest BCUT2D eigenvalue weighted by molar-refractivity contribution is 5.79. The second-order valence-corrected chi connectivity index (χ2v) is 7.60. The molecular formula is C18H31N3O2. The second kappa shape index (κ2) is 7.65. The number of fused-ring (bicyclic) bond motifs is 1. The Balaban J connectivity index is 1.54. The lowest BCUT2D eigenvalue weighted by atomic mass is 9.78.